The molecule has 0 saturated carbocycles. The number of carbonyl (C=O) groups excluding carboxylic acids is 1. The zero-order chi connectivity index (χ0) is 32.3. The molecule has 0 radical (unpaired) electrons. The minimum Gasteiger partial charge on any atom is -0.508 e. The van der Waals surface area contributed by atoms with Crippen LogP contribution in [0.1, 0.15) is 86.9 Å². The average molecular weight is 619 g/mol. The highest BCUT2D eigenvalue weighted by atomic mass is 28.4. The van der Waals surface area contributed by atoms with E-state index in [4.69, 9.17) is 4.43 Å². The summed E-state index contributed by atoms with van der Waals surface area (Å²) in [6, 6.07) is 22.3. The summed E-state index contributed by atoms with van der Waals surface area (Å²) in [6.07, 6.45) is 4.43. The van der Waals surface area contributed by atoms with Gasteiger partial charge in [-0.05, 0) is 84.3 Å². The molecule has 0 fully saturated rings. The van der Waals surface area contributed by atoms with Crippen LogP contribution in [0.25, 0.3) is 0 Å². The summed E-state index contributed by atoms with van der Waals surface area (Å²) < 4.78 is 6.84. The smallest absolute Gasteiger partial charge is 0.224 e. The van der Waals surface area contributed by atoms with Crippen molar-refractivity contribution in [1.82, 2.24) is 10.6 Å². The van der Waals surface area contributed by atoms with Gasteiger partial charge in [-0.25, -0.2) is 0 Å². The average Bonchev–Trinajstić information content (AvgIpc) is 2.97. The molecule has 3 rings (SSSR count). The first-order valence-electron chi connectivity index (χ1n) is 16.1. The Hall–Kier alpha value is -2.97. The first kappa shape index (κ1) is 35.5. The van der Waals surface area contributed by atoms with Gasteiger partial charge in [-0.3, -0.25) is 4.79 Å². The number of hydrogen-bond donors (Lipinski definition) is 4. The molecule has 0 aliphatic carbocycles. The van der Waals surface area contributed by atoms with Crippen LogP contribution >= 0.6 is 0 Å². The van der Waals surface area contributed by atoms with E-state index in [2.05, 4.69) is 94.7 Å². The lowest BCUT2D eigenvalue weighted by Crippen LogP contribution is -2.44. The maximum absolute atomic E-state index is 12.7. The number of unbranched alkanes of at least 4 members (excludes halogenated alkanes) is 1. The van der Waals surface area contributed by atoms with Crippen LogP contribution in [0.3, 0.4) is 0 Å². The van der Waals surface area contributed by atoms with Crippen molar-refractivity contribution in [2.45, 2.75) is 110 Å². The highest BCUT2D eigenvalue weighted by molar-refractivity contribution is 6.74. The predicted octanol–water partition coefficient (Wildman–Crippen LogP) is 7.37. The van der Waals surface area contributed by atoms with Crippen molar-refractivity contribution >= 4 is 14.2 Å². The van der Waals surface area contributed by atoms with Crippen LogP contribution in [0.15, 0.2) is 66.7 Å². The van der Waals surface area contributed by atoms with Crippen molar-refractivity contribution in [3.8, 4) is 5.75 Å². The van der Waals surface area contributed by atoms with Crippen LogP contribution in [-0.4, -0.2) is 37.0 Å². The Morgan fingerprint density at radius 1 is 0.955 bits per heavy atom. The molecule has 4 N–H and O–H groups in total. The molecule has 0 aromatic heterocycles. The molecule has 0 aliphatic rings. The molecule has 7 heteroatoms. The van der Waals surface area contributed by atoms with Gasteiger partial charge in [0.1, 0.15) is 5.75 Å². The monoisotopic (exact) mass is 618 g/mol. The Bertz CT molecular complexity index is 1330. The molecule has 0 unspecified atom stereocenters. The number of phenols is 1. The summed E-state index contributed by atoms with van der Waals surface area (Å²) in [7, 11) is -2.10. The number of aryl methyl sites for hydroxylation is 1. The Morgan fingerprint density at radius 3 is 2.30 bits per heavy atom. The standard InChI is InChI=1S/C37H54N2O4Si/c1-8-9-11-28-14-16-29(17-15-28)24-39-36(42)22-31-13-10-12-30(21-31)20-27(2)38-25-35(43-44(6,7)37(3,4)5)32-18-19-34(41)33(23-32)26-40/h10,12-19,21,23,27,35,38,40-41H,8-9,11,20,22,24-26H2,1-7H3,(H,39,42)/t27-,35-/m1/s1. The summed E-state index contributed by atoms with van der Waals surface area (Å²) in [5.74, 6) is 0.110. The maximum atomic E-state index is 12.7. The van der Waals surface area contributed by atoms with Gasteiger partial charge in [0.15, 0.2) is 8.32 Å². The zero-order valence-electron chi connectivity index (χ0n) is 27.9. The van der Waals surface area contributed by atoms with Crippen molar-refractivity contribution < 1.29 is 19.4 Å². The highest BCUT2D eigenvalue weighted by Gasteiger charge is 2.39. The number of rotatable bonds is 16. The number of aliphatic hydroxyl groups is 1. The fraction of sp³-hybridized carbons (Fsp3) is 0.486. The van der Waals surface area contributed by atoms with Crippen LogP contribution in [0.5, 0.6) is 5.75 Å². The first-order valence-corrected chi connectivity index (χ1v) is 19.0. The van der Waals surface area contributed by atoms with Crippen LogP contribution in [0.2, 0.25) is 18.1 Å². The van der Waals surface area contributed by atoms with Crippen molar-refractivity contribution in [2.75, 3.05) is 6.54 Å². The van der Waals surface area contributed by atoms with Crippen molar-refractivity contribution in [3.05, 3.63) is 100 Å². The third-order valence-electron chi connectivity index (χ3n) is 8.77. The van der Waals surface area contributed by atoms with Crippen LogP contribution in [-0.2, 0) is 41.6 Å². The van der Waals surface area contributed by atoms with E-state index in [1.165, 1.54) is 24.0 Å². The second-order valence-corrected chi connectivity index (χ2v) is 18.4. The second kappa shape index (κ2) is 16.4. The number of aromatic hydroxyl groups is 1. The summed E-state index contributed by atoms with van der Waals surface area (Å²) in [6.45, 7) is 16.4. The number of nitrogens with one attached hydrogen (secondary N) is 2. The molecular weight excluding hydrogens is 565 g/mol. The highest BCUT2D eigenvalue weighted by Crippen LogP contribution is 2.40. The Morgan fingerprint density at radius 2 is 1.64 bits per heavy atom. The molecule has 3 aromatic carbocycles. The van der Waals surface area contributed by atoms with E-state index in [0.717, 1.165) is 29.5 Å². The number of hydrogen-bond acceptors (Lipinski definition) is 5. The minimum atomic E-state index is -2.10. The van der Waals surface area contributed by atoms with Gasteiger partial charge in [0, 0.05) is 24.7 Å². The third kappa shape index (κ3) is 10.9. The molecule has 240 valence electrons. The maximum Gasteiger partial charge on any atom is 0.224 e. The van der Waals surface area contributed by atoms with Gasteiger partial charge in [0.25, 0.3) is 0 Å². The van der Waals surface area contributed by atoms with Crippen molar-refractivity contribution in [2.24, 2.45) is 0 Å². The number of carbonyl (C=O) groups is 1. The lowest BCUT2D eigenvalue weighted by molar-refractivity contribution is -0.120. The Balaban J connectivity index is 1.58. The molecule has 0 heterocycles. The third-order valence-corrected chi connectivity index (χ3v) is 13.3. The molecule has 6 nitrogen and oxygen atoms in total. The van der Waals surface area contributed by atoms with Gasteiger partial charge in [0.2, 0.25) is 5.91 Å². The van der Waals surface area contributed by atoms with Gasteiger partial charge >= 0.3 is 0 Å². The largest absolute Gasteiger partial charge is 0.508 e. The molecule has 2 atom stereocenters. The summed E-state index contributed by atoms with van der Waals surface area (Å²) >= 11 is 0. The van der Waals surface area contributed by atoms with E-state index < -0.39 is 8.32 Å². The number of aliphatic hydroxyl groups excluding tert-OH is 1. The zero-order valence-corrected chi connectivity index (χ0v) is 28.9. The SMILES string of the molecule is CCCCc1ccc(CNC(=O)Cc2cccc(C[C@@H](C)NC[C@@H](O[Si](C)(C)C(C)(C)C)c3ccc(O)c(CO)c3)c2)cc1. The van der Waals surface area contributed by atoms with E-state index in [0.29, 0.717) is 25.1 Å². The normalized spacial score (nSPS) is 13.5. The van der Waals surface area contributed by atoms with E-state index in [9.17, 15) is 15.0 Å². The van der Waals surface area contributed by atoms with Gasteiger partial charge in [-0.1, -0.05) is 88.7 Å². The summed E-state index contributed by atoms with van der Waals surface area (Å²) in [5.41, 5.74) is 6.08. The molecule has 1 amide bonds. The Labute approximate surface area is 266 Å². The molecule has 0 bridgehead atoms. The van der Waals surface area contributed by atoms with Crippen LogP contribution in [0, 0.1) is 0 Å². The quantitative estimate of drug-likeness (QED) is 0.126. The molecule has 44 heavy (non-hydrogen) atoms. The lowest BCUT2D eigenvalue weighted by atomic mass is 10.0. The summed E-state index contributed by atoms with van der Waals surface area (Å²) in [4.78, 5) is 12.7. The van der Waals surface area contributed by atoms with E-state index in [-0.39, 0.29) is 35.4 Å². The van der Waals surface area contributed by atoms with E-state index in [1.807, 2.05) is 24.3 Å². The van der Waals surface area contributed by atoms with Crippen LogP contribution in [0.4, 0.5) is 0 Å². The molecular formula is C37H54N2O4Si. The Kier molecular flexibility index (Phi) is 13.2. The van der Waals surface area contributed by atoms with Gasteiger partial charge in [-0.2, -0.15) is 0 Å². The molecule has 0 saturated heterocycles. The molecule has 0 spiro atoms. The second-order valence-electron chi connectivity index (χ2n) is 13.6. The topological polar surface area (TPSA) is 90.8 Å². The van der Waals surface area contributed by atoms with E-state index in [1.54, 1.807) is 6.07 Å². The summed E-state index contributed by atoms with van der Waals surface area (Å²) in [5, 5.41) is 26.6. The molecule has 0 aliphatic heterocycles. The lowest BCUT2D eigenvalue weighted by Gasteiger charge is -2.40. The minimum absolute atomic E-state index is 0.0187. The predicted molar refractivity (Wildman–Crippen MR) is 183 cm³/mol. The fourth-order valence-corrected chi connectivity index (χ4v) is 6.23. The first-order chi connectivity index (χ1) is 20.8. The van der Waals surface area contributed by atoms with Crippen LogP contribution < -0.4 is 10.6 Å². The fourth-order valence-electron chi connectivity index (χ4n) is 4.95. The van der Waals surface area contributed by atoms with Gasteiger partial charge < -0.3 is 25.3 Å². The number of amides is 1. The van der Waals surface area contributed by atoms with Gasteiger partial charge in [-0.15, -0.1) is 0 Å². The molecule has 3 aromatic rings. The van der Waals surface area contributed by atoms with E-state index >= 15 is 0 Å². The van der Waals surface area contributed by atoms with Crippen molar-refractivity contribution in [3.63, 3.8) is 0 Å². The number of benzene rings is 3. The van der Waals surface area contributed by atoms with Crippen molar-refractivity contribution in [1.29, 1.82) is 0 Å². The van der Waals surface area contributed by atoms with Gasteiger partial charge in [0.05, 0.1) is 19.1 Å².